The van der Waals surface area contributed by atoms with E-state index >= 15 is 0 Å². The molecule has 0 N–H and O–H groups in total. The van der Waals surface area contributed by atoms with E-state index in [-0.39, 0.29) is 18.9 Å². The Morgan fingerprint density at radius 1 is 1.33 bits per heavy atom. The minimum atomic E-state index is 0. The molecule has 0 saturated carbocycles. The molecule has 0 amide bonds. The van der Waals surface area contributed by atoms with E-state index in [4.69, 9.17) is 0 Å². The van der Waals surface area contributed by atoms with E-state index < -0.39 is 0 Å². The molecule has 0 aliphatic heterocycles. The van der Waals surface area contributed by atoms with Crippen molar-refractivity contribution in [1.82, 2.24) is 0 Å². The largest absolute Gasteiger partial charge is 1.00 e. The summed E-state index contributed by atoms with van der Waals surface area (Å²) in [6, 6.07) is 0. The average Bonchev–Trinajstić information content (AvgIpc) is 1.96. The second kappa shape index (κ2) is 11.3. The molecule has 1 unspecified atom stereocenters. The zero-order valence-corrected chi connectivity index (χ0v) is 8.84. The van der Waals surface area contributed by atoms with Crippen LogP contribution in [0.3, 0.4) is 0 Å². The molecule has 0 spiro atoms. The van der Waals surface area contributed by atoms with Gasteiger partial charge in [0.05, 0.1) is 0 Å². The third kappa shape index (κ3) is 12.9. The van der Waals surface area contributed by atoms with Gasteiger partial charge >= 0.3 is 18.9 Å². The molecule has 12 heavy (non-hydrogen) atoms. The van der Waals surface area contributed by atoms with Crippen molar-refractivity contribution in [2.45, 2.75) is 39.5 Å². The van der Waals surface area contributed by atoms with E-state index in [1.54, 1.807) is 0 Å². The van der Waals surface area contributed by atoms with Gasteiger partial charge in [0.1, 0.15) is 0 Å². The van der Waals surface area contributed by atoms with Crippen LogP contribution < -0.4 is 18.9 Å². The van der Waals surface area contributed by atoms with Crippen LogP contribution in [0.5, 0.6) is 0 Å². The summed E-state index contributed by atoms with van der Waals surface area (Å²) < 4.78 is 0. The van der Waals surface area contributed by atoms with Crippen LogP contribution in [-0.4, -0.2) is 12.8 Å². The second-order valence-corrected chi connectivity index (χ2v) is 3.09. The molecular formula is C10H20LiN. The SMILES string of the molecule is [CH2-]C(C)C=NCCCCCC.[Li+]. The average molecular weight is 161 g/mol. The van der Waals surface area contributed by atoms with Crippen LogP contribution in [0.25, 0.3) is 0 Å². The number of hydrogen-bond donors (Lipinski definition) is 0. The fourth-order valence-electron chi connectivity index (χ4n) is 0.884. The summed E-state index contributed by atoms with van der Waals surface area (Å²) in [6.07, 6.45) is 7.13. The van der Waals surface area contributed by atoms with Crippen molar-refractivity contribution in [3.8, 4) is 0 Å². The van der Waals surface area contributed by atoms with Crippen molar-refractivity contribution in [1.29, 1.82) is 0 Å². The van der Waals surface area contributed by atoms with E-state index in [2.05, 4.69) is 25.8 Å². The molecule has 0 aromatic heterocycles. The van der Waals surface area contributed by atoms with Crippen molar-refractivity contribution >= 4 is 6.21 Å². The number of nitrogens with zero attached hydrogens (tertiary/aromatic N) is 1. The van der Waals surface area contributed by atoms with Crippen LogP contribution in [-0.2, 0) is 0 Å². The van der Waals surface area contributed by atoms with E-state index in [9.17, 15) is 0 Å². The first-order valence-electron chi connectivity index (χ1n) is 4.60. The monoisotopic (exact) mass is 161 g/mol. The van der Waals surface area contributed by atoms with Crippen molar-refractivity contribution in [2.24, 2.45) is 10.9 Å². The van der Waals surface area contributed by atoms with E-state index in [1.807, 2.05) is 6.21 Å². The summed E-state index contributed by atoms with van der Waals surface area (Å²) in [5.74, 6) is 0.362. The molecule has 2 heteroatoms. The van der Waals surface area contributed by atoms with Gasteiger partial charge in [0.15, 0.2) is 0 Å². The summed E-state index contributed by atoms with van der Waals surface area (Å²) >= 11 is 0. The van der Waals surface area contributed by atoms with Crippen molar-refractivity contribution < 1.29 is 18.9 Å². The smallest absolute Gasteiger partial charge is 0.335 e. The predicted octanol–water partition coefficient (Wildman–Crippen LogP) is 0.112. The summed E-state index contributed by atoms with van der Waals surface area (Å²) in [6.45, 7) is 9.08. The minimum Gasteiger partial charge on any atom is -0.335 e. The molecule has 0 aliphatic carbocycles. The van der Waals surface area contributed by atoms with Crippen LogP contribution in [0.15, 0.2) is 4.99 Å². The van der Waals surface area contributed by atoms with Gasteiger partial charge < -0.3 is 6.92 Å². The van der Waals surface area contributed by atoms with Crippen molar-refractivity contribution in [3.05, 3.63) is 6.92 Å². The van der Waals surface area contributed by atoms with Crippen molar-refractivity contribution in [3.63, 3.8) is 0 Å². The number of unbranched alkanes of at least 4 members (excludes halogenated alkanes) is 3. The maximum atomic E-state index is 4.26. The molecular weight excluding hydrogens is 141 g/mol. The zero-order chi connectivity index (χ0) is 8.53. The first-order valence-corrected chi connectivity index (χ1v) is 4.60. The maximum absolute atomic E-state index is 4.26. The predicted molar refractivity (Wildman–Crippen MR) is 52.0 cm³/mol. The van der Waals surface area contributed by atoms with E-state index in [0.29, 0.717) is 5.92 Å². The van der Waals surface area contributed by atoms with Gasteiger partial charge in [-0.25, -0.2) is 0 Å². The third-order valence-corrected chi connectivity index (χ3v) is 1.50. The fraction of sp³-hybridized carbons (Fsp3) is 0.800. The molecule has 0 aliphatic rings. The fourth-order valence-corrected chi connectivity index (χ4v) is 0.884. The molecule has 0 heterocycles. The normalized spacial score (nSPS) is 12.9. The molecule has 0 fully saturated rings. The standard InChI is InChI=1S/C10H20N.Li/c1-4-5-6-7-8-11-9-10(2)3;/h9-10H,2,4-8H2,1,3H3;/q-1;+1. The molecule has 0 saturated heterocycles. The van der Waals surface area contributed by atoms with Crippen LogP contribution in [0, 0.1) is 12.8 Å². The first-order chi connectivity index (χ1) is 5.27. The van der Waals surface area contributed by atoms with Gasteiger partial charge in [0.25, 0.3) is 0 Å². The van der Waals surface area contributed by atoms with Gasteiger partial charge in [0, 0.05) is 6.54 Å². The molecule has 0 rings (SSSR count). The molecule has 0 radical (unpaired) electrons. The van der Waals surface area contributed by atoms with Crippen LogP contribution in [0.1, 0.15) is 39.5 Å². The van der Waals surface area contributed by atoms with Gasteiger partial charge in [-0.1, -0.05) is 33.1 Å². The molecule has 66 valence electrons. The van der Waals surface area contributed by atoms with Gasteiger partial charge in [-0.3, -0.25) is 4.99 Å². The number of hydrogen-bond acceptors (Lipinski definition) is 1. The van der Waals surface area contributed by atoms with Gasteiger partial charge in [-0.15, -0.1) is 5.92 Å². The van der Waals surface area contributed by atoms with Crippen LogP contribution >= 0.6 is 0 Å². The number of rotatable bonds is 6. The minimum absolute atomic E-state index is 0. The first kappa shape index (κ1) is 14.8. The third-order valence-electron chi connectivity index (χ3n) is 1.50. The summed E-state index contributed by atoms with van der Waals surface area (Å²) in [5, 5.41) is 0. The van der Waals surface area contributed by atoms with Crippen molar-refractivity contribution in [2.75, 3.05) is 6.54 Å². The van der Waals surface area contributed by atoms with Gasteiger partial charge in [-0.05, 0) is 12.6 Å². The Kier molecular flexibility index (Phi) is 13.9. The molecule has 1 nitrogen and oxygen atoms in total. The topological polar surface area (TPSA) is 12.4 Å². The zero-order valence-electron chi connectivity index (χ0n) is 8.84. The van der Waals surface area contributed by atoms with Gasteiger partial charge in [-0.2, -0.15) is 0 Å². The summed E-state index contributed by atoms with van der Waals surface area (Å²) in [7, 11) is 0. The van der Waals surface area contributed by atoms with Crippen LogP contribution in [0.4, 0.5) is 0 Å². The molecule has 0 bridgehead atoms. The Labute approximate surface area is 89.2 Å². The summed E-state index contributed by atoms with van der Waals surface area (Å²) in [4.78, 5) is 4.26. The number of aliphatic imine (C=N–C) groups is 1. The van der Waals surface area contributed by atoms with Gasteiger partial charge in [0.2, 0.25) is 0 Å². The Morgan fingerprint density at radius 2 is 2.00 bits per heavy atom. The molecule has 0 aromatic rings. The van der Waals surface area contributed by atoms with E-state index in [1.165, 1.54) is 25.7 Å². The van der Waals surface area contributed by atoms with E-state index in [0.717, 1.165) is 6.54 Å². The summed E-state index contributed by atoms with van der Waals surface area (Å²) in [5.41, 5.74) is 0. The molecule has 0 aromatic carbocycles. The quantitative estimate of drug-likeness (QED) is 0.227. The second-order valence-electron chi connectivity index (χ2n) is 3.09. The Hall–Kier alpha value is 0.267. The van der Waals surface area contributed by atoms with Crippen LogP contribution in [0.2, 0.25) is 0 Å². The maximum Gasteiger partial charge on any atom is 1.00 e. The Bertz CT molecular complexity index is 100. The molecule has 1 atom stereocenters. The Morgan fingerprint density at radius 3 is 2.50 bits per heavy atom. The Balaban J connectivity index is 0.